The summed E-state index contributed by atoms with van der Waals surface area (Å²) in [6.07, 6.45) is 3.71. The molecule has 33 heavy (non-hydrogen) atoms. The molecular weight excluding hydrogens is 439 g/mol. The lowest BCUT2D eigenvalue weighted by Gasteiger charge is -2.48. The molecule has 1 fully saturated rings. The molecule has 1 aromatic carbocycles. The van der Waals surface area contributed by atoms with Crippen molar-refractivity contribution in [1.82, 2.24) is 14.8 Å². The Labute approximate surface area is 187 Å². The maximum absolute atomic E-state index is 13.9. The number of nitrogens with zero attached hydrogens (tertiary/aromatic N) is 2. The van der Waals surface area contributed by atoms with Gasteiger partial charge in [-0.05, 0) is 25.2 Å². The van der Waals surface area contributed by atoms with Crippen molar-refractivity contribution in [3.05, 3.63) is 62.8 Å². The van der Waals surface area contributed by atoms with Gasteiger partial charge in [-0.2, -0.15) is 0 Å². The topological polar surface area (TPSA) is 91.6 Å². The summed E-state index contributed by atoms with van der Waals surface area (Å²) in [5.41, 5.74) is -2.25. The monoisotopic (exact) mass is 463 g/mol. The van der Waals surface area contributed by atoms with Gasteiger partial charge in [-0.15, -0.1) is 0 Å². The highest BCUT2D eigenvalue weighted by Gasteiger charge is 2.43. The Morgan fingerprint density at radius 3 is 2.48 bits per heavy atom. The number of piperidine rings is 1. The van der Waals surface area contributed by atoms with E-state index in [2.05, 4.69) is 5.32 Å². The van der Waals surface area contributed by atoms with Crippen LogP contribution in [0, 0.1) is 23.4 Å². The molecule has 3 atom stereocenters. The van der Waals surface area contributed by atoms with E-state index in [1.54, 1.807) is 4.90 Å². The third-order valence-electron chi connectivity index (χ3n) is 6.69. The standard InChI is InChI=1S/C23H24F3N3O4/c1-3-13-5-4-11(2)18-10-28-9-15(20(30)21(31)19(28)23(33)29(13)18)22(32)27-8-14-16(25)6-12(24)7-17(14)26/h6-7,9,11,13,18,31H,3-5,8,10H2,1-2H3,(H,27,32). The first-order valence-corrected chi connectivity index (χ1v) is 10.8. The first kappa shape index (κ1) is 22.9. The summed E-state index contributed by atoms with van der Waals surface area (Å²) in [4.78, 5) is 40.3. The zero-order valence-electron chi connectivity index (χ0n) is 18.2. The fourth-order valence-corrected chi connectivity index (χ4v) is 4.83. The third kappa shape index (κ3) is 3.87. The second kappa shape index (κ2) is 8.57. The summed E-state index contributed by atoms with van der Waals surface area (Å²) in [6, 6.07) is 0.821. The maximum Gasteiger partial charge on any atom is 0.275 e. The summed E-state index contributed by atoms with van der Waals surface area (Å²) in [6.45, 7) is 3.67. The second-order valence-electron chi connectivity index (χ2n) is 8.65. The van der Waals surface area contributed by atoms with Gasteiger partial charge in [-0.25, -0.2) is 13.2 Å². The van der Waals surface area contributed by atoms with Crippen molar-refractivity contribution < 1.29 is 27.9 Å². The fourth-order valence-electron chi connectivity index (χ4n) is 4.83. The lowest BCUT2D eigenvalue weighted by molar-refractivity contribution is 0.0149. The summed E-state index contributed by atoms with van der Waals surface area (Å²) in [7, 11) is 0. The predicted molar refractivity (Wildman–Crippen MR) is 112 cm³/mol. The van der Waals surface area contributed by atoms with Crippen LogP contribution in [-0.2, 0) is 13.1 Å². The first-order chi connectivity index (χ1) is 15.6. The molecule has 1 saturated heterocycles. The van der Waals surface area contributed by atoms with Gasteiger partial charge in [0.2, 0.25) is 5.43 Å². The van der Waals surface area contributed by atoms with E-state index in [0.717, 1.165) is 19.3 Å². The highest BCUT2D eigenvalue weighted by molar-refractivity contribution is 5.99. The van der Waals surface area contributed by atoms with E-state index in [-0.39, 0.29) is 23.7 Å². The van der Waals surface area contributed by atoms with Gasteiger partial charge < -0.3 is 19.9 Å². The number of benzene rings is 1. The minimum atomic E-state index is -1.18. The average molecular weight is 463 g/mol. The van der Waals surface area contributed by atoms with E-state index in [4.69, 9.17) is 0 Å². The number of hydrogen-bond donors (Lipinski definition) is 2. The quantitative estimate of drug-likeness (QED) is 0.730. The molecule has 2 aromatic rings. The SMILES string of the molecule is CCC1CCC(C)C2Cn3cc(C(=O)NCc4c(F)cc(F)cc4F)c(=O)c(O)c3C(=O)N12. The highest BCUT2D eigenvalue weighted by Crippen LogP contribution is 2.36. The summed E-state index contributed by atoms with van der Waals surface area (Å²) < 4.78 is 42.2. The Hall–Kier alpha value is -3.30. The van der Waals surface area contributed by atoms with E-state index in [1.165, 1.54) is 10.8 Å². The molecular formula is C23H24F3N3O4. The third-order valence-corrected chi connectivity index (χ3v) is 6.69. The van der Waals surface area contributed by atoms with Crippen LogP contribution < -0.4 is 10.7 Å². The zero-order valence-corrected chi connectivity index (χ0v) is 18.2. The Morgan fingerprint density at radius 2 is 1.85 bits per heavy atom. The molecule has 1 aromatic heterocycles. The van der Waals surface area contributed by atoms with Crippen molar-refractivity contribution in [1.29, 1.82) is 0 Å². The van der Waals surface area contributed by atoms with Crippen molar-refractivity contribution in [2.75, 3.05) is 0 Å². The zero-order chi connectivity index (χ0) is 24.0. The smallest absolute Gasteiger partial charge is 0.275 e. The fraction of sp³-hybridized carbons (Fsp3) is 0.435. The lowest BCUT2D eigenvalue weighted by Crippen LogP contribution is -2.58. The molecule has 2 amide bonds. The Kier molecular flexibility index (Phi) is 5.94. The number of amides is 2. The van der Waals surface area contributed by atoms with Gasteiger partial charge in [0, 0.05) is 43.0 Å². The molecule has 0 saturated carbocycles. The molecule has 2 aliphatic heterocycles. The van der Waals surface area contributed by atoms with Crippen molar-refractivity contribution in [2.45, 2.75) is 58.3 Å². The Morgan fingerprint density at radius 1 is 1.18 bits per heavy atom. The number of pyridine rings is 1. The summed E-state index contributed by atoms with van der Waals surface area (Å²) >= 11 is 0. The maximum atomic E-state index is 13.9. The van der Waals surface area contributed by atoms with Crippen molar-refractivity contribution in [2.24, 2.45) is 5.92 Å². The molecule has 0 spiro atoms. The van der Waals surface area contributed by atoms with Crippen LogP contribution in [0.4, 0.5) is 13.2 Å². The van der Waals surface area contributed by atoms with Crippen LogP contribution in [0.25, 0.3) is 0 Å². The van der Waals surface area contributed by atoms with Crippen molar-refractivity contribution in [3.8, 4) is 5.75 Å². The van der Waals surface area contributed by atoms with E-state index in [9.17, 15) is 32.7 Å². The van der Waals surface area contributed by atoms with Gasteiger partial charge >= 0.3 is 0 Å². The molecule has 10 heteroatoms. The molecule has 4 rings (SSSR count). The molecule has 3 unspecified atom stereocenters. The largest absolute Gasteiger partial charge is 0.503 e. The minimum Gasteiger partial charge on any atom is -0.503 e. The van der Waals surface area contributed by atoms with Gasteiger partial charge in [0.1, 0.15) is 23.0 Å². The molecule has 0 bridgehead atoms. The summed E-state index contributed by atoms with van der Waals surface area (Å²) in [5.74, 6) is -5.54. The van der Waals surface area contributed by atoms with Crippen molar-refractivity contribution >= 4 is 11.8 Å². The van der Waals surface area contributed by atoms with Gasteiger partial charge in [-0.1, -0.05) is 13.8 Å². The number of carbonyl (C=O) groups is 2. The molecule has 2 aliphatic rings. The molecule has 0 radical (unpaired) electrons. The van der Waals surface area contributed by atoms with Crippen molar-refractivity contribution in [3.63, 3.8) is 0 Å². The number of hydrogen-bond acceptors (Lipinski definition) is 4. The highest BCUT2D eigenvalue weighted by atomic mass is 19.1. The number of carbonyl (C=O) groups excluding carboxylic acids is 2. The Bertz CT molecular complexity index is 1170. The summed E-state index contributed by atoms with van der Waals surface area (Å²) in [5, 5.41) is 12.8. The number of rotatable bonds is 4. The van der Waals surface area contributed by atoms with Crippen LogP contribution in [0.5, 0.6) is 5.75 Å². The van der Waals surface area contributed by atoms with Gasteiger partial charge in [-0.3, -0.25) is 14.4 Å². The van der Waals surface area contributed by atoms with E-state index in [0.29, 0.717) is 18.7 Å². The molecule has 176 valence electrons. The normalized spacial score (nSPS) is 22.0. The van der Waals surface area contributed by atoms with Crippen LogP contribution in [0.3, 0.4) is 0 Å². The number of nitrogens with one attached hydrogen (secondary N) is 1. The van der Waals surface area contributed by atoms with Gasteiger partial charge in [0.15, 0.2) is 11.4 Å². The number of aromatic hydroxyl groups is 1. The minimum absolute atomic E-state index is 0.00503. The van der Waals surface area contributed by atoms with Gasteiger partial charge in [0.05, 0.1) is 6.04 Å². The number of aromatic nitrogens is 1. The molecule has 0 aliphatic carbocycles. The van der Waals surface area contributed by atoms with Crippen LogP contribution in [0.1, 0.15) is 59.5 Å². The van der Waals surface area contributed by atoms with Crippen LogP contribution >= 0.6 is 0 Å². The lowest BCUT2D eigenvalue weighted by atomic mass is 9.84. The van der Waals surface area contributed by atoms with Crippen LogP contribution in [-0.4, -0.2) is 38.5 Å². The van der Waals surface area contributed by atoms with Crippen LogP contribution in [0.15, 0.2) is 23.1 Å². The first-order valence-electron chi connectivity index (χ1n) is 10.8. The average Bonchev–Trinajstić information content (AvgIpc) is 2.76. The van der Waals surface area contributed by atoms with E-state index < -0.39 is 58.1 Å². The molecule has 3 heterocycles. The Balaban J connectivity index is 1.66. The van der Waals surface area contributed by atoms with Gasteiger partial charge in [0.25, 0.3) is 11.8 Å². The molecule has 2 N–H and O–H groups in total. The van der Waals surface area contributed by atoms with E-state index >= 15 is 0 Å². The number of fused-ring (bicyclic) bond motifs is 2. The molecule has 7 nitrogen and oxygen atoms in total. The second-order valence-corrected chi connectivity index (χ2v) is 8.65. The predicted octanol–water partition coefficient (Wildman–Crippen LogP) is 2.93. The number of halogens is 3. The van der Waals surface area contributed by atoms with Crippen LogP contribution in [0.2, 0.25) is 0 Å². The van der Waals surface area contributed by atoms with E-state index in [1.807, 2.05) is 13.8 Å².